The molecule has 0 spiro atoms. The van der Waals surface area contributed by atoms with E-state index < -0.39 is 11.2 Å². The molecule has 0 saturated carbocycles. The number of nitrogens with one attached hydrogen (secondary N) is 1. The van der Waals surface area contributed by atoms with Gasteiger partial charge in [0.05, 0.1) is 17.6 Å². The molecule has 2 aliphatic rings. The summed E-state index contributed by atoms with van der Waals surface area (Å²) < 4.78 is 6.13. The van der Waals surface area contributed by atoms with Gasteiger partial charge in [-0.1, -0.05) is 32.6 Å². The molecule has 0 aliphatic carbocycles. The first kappa shape index (κ1) is 23.3. The van der Waals surface area contributed by atoms with Crippen LogP contribution in [0.4, 0.5) is 0 Å². The van der Waals surface area contributed by atoms with Crippen LogP contribution in [0.15, 0.2) is 21.7 Å². The molecule has 3 rings (SSSR count). The molecule has 2 heterocycles. The lowest BCUT2D eigenvalue weighted by molar-refractivity contribution is -0.128. The Hall–Kier alpha value is -3.03. The zero-order chi connectivity index (χ0) is 22.1. The summed E-state index contributed by atoms with van der Waals surface area (Å²) in [6.45, 7) is 9.65. The number of hydrogen-bond donors (Lipinski definition) is 1. The van der Waals surface area contributed by atoms with Crippen molar-refractivity contribution in [1.82, 2.24) is 19.5 Å². The first-order valence-corrected chi connectivity index (χ1v) is 10.4. The highest BCUT2D eigenvalue weighted by atomic mass is 16.5. The molecule has 1 aromatic rings. The van der Waals surface area contributed by atoms with Crippen LogP contribution in [-0.4, -0.2) is 32.6 Å². The van der Waals surface area contributed by atoms with Crippen LogP contribution in [0.5, 0.6) is 0 Å². The predicted octanol–water partition coefficient (Wildman–Crippen LogP) is 3.35. The molecule has 0 saturated heterocycles. The highest BCUT2D eigenvalue weighted by Crippen LogP contribution is 2.24. The Morgan fingerprint density at radius 3 is 2.37 bits per heavy atom. The number of rotatable bonds is 8. The van der Waals surface area contributed by atoms with Crippen LogP contribution in [0.3, 0.4) is 0 Å². The molecule has 0 radical (unpaired) electrons. The van der Waals surface area contributed by atoms with Gasteiger partial charge in [0.25, 0.3) is 12.0 Å². The third-order valence-electron chi connectivity index (χ3n) is 4.94. The van der Waals surface area contributed by atoms with Gasteiger partial charge >= 0.3 is 5.69 Å². The van der Waals surface area contributed by atoms with Gasteiger partial charge in [-0.15, -0.1) is 0 Å². The van der Waals surface area contributed by atoms with E-state index in [1.54, 1.807) is 6.92 Å². The molecule has 0 aromatic heterocycles. The van der Waals surface area contributed by atoms with E-state index >= 15 is 0 Å². The van der Waals surface area contributed by atoms with E-state index in [2.05, 4.69) is 39.6 Å². The Morgan fingerprint density at radius 2 is 1.73 bits per heavy atom. The Balaban J connectivity index is 0.000000575. The number of hydrogen-bond acceptors (Lipinski definition) is 6. The molecule has 1 N–H and O–H groups in total. The largest absolute Gasteiger partial charge is 0.468 e. The fraction of sp³-hybridized carbons (Fsp3) is 0.500. The van der Waals surface area contributed by atoms with E-state index in [9.17, 15) is 14.4 Å². The van der Waals surface area contributed by atoms with Crippen molar-refractivity contribution in [2.75, 3.05) is 6.61 Å². The molecule has 8 nitrogen and oxygen atoms in total. The monoisotopic (exact) mass is 414 g/mol. The number of carbonyl (C=O) groups is 1. The van der Waals surface area contributed by atoms with E-state index in [0.29, 0.717) is 18.9 Å². The van der Waals surface area contributed by atoms with Crippen molar-refractivity contribution in [3.8, 4) is 11.5 Å². The first-order valence-electron chi connectivity index (χ1n) is 10.4. The summed E-state index contributed by atoms with van der Waals surface area (Å²) in [5.41, 5.74) is 3.08. The number of nitrogens with zero attached hydrogens (tertiary/aromatic N) is 3. The molecule has 2 aliphatic heterocycles. The van der Waals surface area contributed by atoms with Gasteiger partial charge in [0, 0.05) is 6.54 Å². The van der Waals surface area contributed by atoms with Crippen LogP contribution >= 0.6 is 0 Å². The van der Waals surface area contributed by atoms with Crippen LogP contribution in [0, 0.1) is 13.8 Å². The quantitative estimate of drug-likeness (QED) is 0.344. The molecule has 8 heteroatoms. The van der Waals surface area contributed by atoms with Gasteiger partial charge in [0.1, 0.15) is 0 Å². The summed E-state index contributed by atoms with van der Waals surface area (Å²) in [6.07, 6.45) is 5.71. The number of unbranched alkanes of at least 4 members (excludes halogenated alkanes) is 4. The summed E-state index contributed by atoms with van der Waals surface area (Å²) in [7, 11) is 0. The van der Waals surface area contributed by atoms with Crippen molar-refractivity contribution < 1.29 is 9.53 Å². The summed E-state index contributed by atoms with van der Waals surface area (Å²) in [5.74, 6) is 0.375. The van der Waals surface area contributed by atoms with Gasteiger partial charge in [-0.05, 0) is 50.5 Å². The fourth-order valence-electron chi connectivity index (χ4n) is 3.22. The van der Waals surface area contributed by atoms with Crippen molar-refractivity contribution in [3.63, 3.8) is 0 Å². The fourth-order valence-corrected chi connectivity index (χ4v) is 3.22. The van der Waals surface area contributed by atoms with Crippen molar-refractivity contribution >= 4 is 17.5 Å². The normalized spacial score (nSPS) is 10.7. The maximum Gasteiger partial charge on any atom is 0.349 e. The molecule has 1 aromatic carbocycles. The Bertz CT molecular complexity index is 1070. The smallest absolute Gasteiger partial charge is 0.349 e. The third kappa shape index (κ3) is 5.75. The first-order chi connectivity index (χ1) is 14.4. The molecule has 0 amide bonds. The number of H-pyrrole nitrogens is 1. The van der Waals surface area contributed by atoms with Crippen molar-refractivity contribution in [3.05, 3.63) is 44.1 Å². The average molecular weight is 415 g/mol. The van der Waals surface area contributed by atoms with E-state index in [-0.39, 0.29) is 5.69 Å². The number of aromatic nitrogens is 4. The van der Waals surface area contributed by atoms with Gasteiger partial charge in [-0.25, -0.2) is 9.78 Å². The van der Waals surface area contributed by atoms with Gasteiger partial charge in [0.15, 0.2) is 11.5 Å². The second-order valence-corrected chi connectivity index (χ2v) is 7.20. The van der Waals surface area contributed by atoms with E-state index in [0.717, 1.165) is 41.5 Å². The van der Waals surface area contributed by atoms with E-state index in [1.807, 2.05) is 17.6 Å². The molecular weight excluding hydrogens is 384 g/mol. The summed E-state index contributed by atoms with van der Waals surface area (Å²) in [5, 5.41) is 0. The topological polar surface area (TPSA) is 107 Å². The maximum atomic E-state index is 12.2. The number of aryl methyl sites for hydroxylation is 3. The minimum Gasteiger partial charge on any atom is -0.468 e. The van der Waals surface area contributed by atoms with Gasteiger partial charge in [-0.2, -0.15) is 4.98 Å². The molecule has 0 fully saturated rings. The van der Waals surface area contributed by atoms with Gasteiger partial charge in [-0.3, -0.25) is 14.6 Å². The number of ether oxygens (including phenoxy) is 1. The van der Waals surface area contributed by atoms with Crippen LogP contribution in [0.1, 0.15) is 57.1 Å². The second kappa shape index (κ2) is 11.2. The number of fused-ring (bicyclic) bond motifs is 2. The van der Waals surface area contributed by atoms with Crippen LogP contribution < -0.4 is 11.2 Å². The van der Waals surface area contributed by atoms with E-state index in [1.165, 1.54) is 19.3 Å². The van der Waals surface area contributed by atoms with Crippen LogP contribution in [0.2, 0.25) is 0 Å². The third-order valence-corrected chi connectivity index (χ3v) is 4.94. The summed E-state index contributed by atoms with van der Waals surface area (Å²) in [4.78, 5) is 43.8. The summed E-state index contributed by atoms with van der Waals surface area (Å²) >= 11 is 0. The lowest BCUT2D eigenvalue weighted by Gasteiger charge is -2.17. The minimum absolute atomic E-state index is 0.226. The zero-order valence-corrected chi connectivity index (χ0v) is 18.2. The lowest BCUT2D eigenvalue weighted by Crippen LogP contribution is -2.29. The highest BCUT2D eigenvalue weighted by Gasteiger charge is 2.18. The Kier molecular flexibility index (Phi) is 8.70. The van der Waals surface area contributed by atoms with Crippen LogP contribution in [0.25, 0.3) is 22.6 Å². The molecule has 30 heavy (non-hydrogen) atoms. The zero-order valence-electron chi connectivity index (χ0n) is 18.2. The van der Waals surface area contributed by atoms with Crippen LogP contribution in [-0.2, 0) is 16.1 Å². The SMILES string of the molecule is CCCCCCCn1c2nc(=O)[nH]c(=O)c-2nc2cc(C)c(C)cc21.CCOC=O. The standard InChI is InChI=1S/C19H24N4O2.C3H6O2/c1-4-5-6-7-8-9-23-15-11-13(3)12(2)10-14(15)20-16-17(23)21-19(25)22-18(16)24;1-2-5-3-4/h10-11H,4-9H2,1-3H3,(H,22,24,25);3H,2H2,1H3. The second-order valence-electron chi connectivity index (χ2n) is 7.20. The molecule has 0 unspecified atom stereocenters. The highest BCUT2D eigenvalue weighted by molar-refractivity contribution is 5.81. The van der Waals surface area contributed by atoms with Gasteiger partial charge in [0.2, 0.25) is 0 Å². The van der Waals surface area contributed by atoms with Crippen molar-refractivity contribution in [2.45, 2.75) is 66.3 Å². The average Bonchev–Trinajstić information content (AvgIpc) is 2.70. The summed E-state index contributed by atoms with van der Waals surface area (Å²) in [6, 6.07) is 4.05. The number of benzene rings is 1. The number of carbonyl (C=O) groups excluding carboxylic acids is 1. The van der Waals surface area contributed by atoms with Crippen molar-refractivity contribution in [2.24, 2.45) is 0 Å². The Morgan fingerprint density at radius 1 is 1.03 bits per heavy atom. The maximum absolute atomic E-state index is 12.2. The molecule has 0 bridgehead atoms. The van der Waals surface area contributed by atoms with E-state index in [4.69, 9.17) is 0 Å². The molecule has 162 valence electrons. The predicted molar refractivity (Wildman–Crippen MR) is 117 cm³/mol. The molecular formula is C22H30N4O4. The van der Waals surface area contributed by atoms with Gasteiger partial charge < -0.3 is 9.30 Å². The molecule has 0 atom stereocenters. The number of aromatic amines is 1. The lowest BCUT2D eigenvalue weighted by atomic mass is 10.1. The van der Waals surface area contributed by atoms with Crippen molar-refractivity contribution in [1.29, 1.82) is 0 Å². The Labute approximate surface area is 175 Å². The minimum atomic E-state index is -0.623.